The molecular weight excluding hydrogens is 406 g/mol. The number of benzene rings is 1. The van der Waals surface area contributed by atoms with Crippen LogP contribution in [0.25, 0.3) is 6.08 Å². The summed E-state index contributed by atoms with van der Waals surface area (Å²) in [5.74, 6) is 0.426. The molecule has 0 aliphatic rings. The minimum atomic E-state index is -0.360. The average molecular weight is 417 g/mol. The maximum Gasteiger partial charge on any atom is 0.270 e. The molecule has 1 N–H and O–H groups in total. The molecule has 9 heteroatoms. The van der Waals surface area contributed by atoms with Crippen LogP contribution in [0.5, 0.6) is 5.75 Å². The van der Waals surface area contributed by atoms with E-state index in [1.54, 1.807) is 20.2 Å². The number of carbonyl (C=O) groups is 1. The van der Waals surface area contributed by atoms with Crippen LogP contribution in [0.4, 0.5) is 5.95 Å². The fourth-order valence-electron chi connectivity index (χ4n) is 1.57. The molecule has 0 aliphatic heterocycles. The molecule has 0 saturated carbocycles. The van der Waals surface area contributed by atoms with Crippen molar-refractivity contribution in [3.8, 4) is 5.75 Å². The zero-order valence-electron chi connectivity index (χ0n) is 11.2. The van der Waals surface area contributed by atoms with Gasteiger partial charge in [0.2, 0.25) is 0 Å². The molecule has 0 fully saturated rings. The Kier molecular flexibility index (Phi) is 5.07. The standard InChI is InChI=1S/C12H11Br2N5O2/c1-19-17-12(16-18-19)15-10(20)4-3-7-5-8(13)6-9(14)11(7)21-2/h3-6H,1-2H3,(H,15,17,20). The predicted molar refractivity (Wildman–Crippen MR) is 84.9 cm³/mol. The Bertz CT molecular complexity index is 699. The third-order valence-corrected chi connectivity index (χ3v) is 3.45. The van der Waals surface area contributed by atoms with Gasteiger partial charge in [-0.25, -0.2) is 0 Å². The van der Waals surface area contributed by atoms with Crippen LogP contribution < -0.4 is 10.1 Å². The van der Waals surface area contributed by atoms with Gasteiger partial charge in [0.05, 0.1) is 18.6 Å². The summed E-state index contributed by atoms with van der Waals surface area (Å²) in [7, 11) is 3.18. The van der Waals surface area contributed by atoms with E-state index in [9.17, 15) is 4.79 Å². The van der Waals surface area contributed by atoms with Gasteiger partial charge in [-0.1, -0.05) is 21.0 Å². The molecule has 0 unspecified atom stereocenters. The third kappa shape index (κ3) is 4.11. The molecule has 110 valence electrons. The normalized spacial score (nSPS) is 10.9. The maximum atomic E-state index is 11.8. The highest BCUT2D eigenvalue weighted by Gasteiger charge is 2.08. The molecule has 1 aromatic carbocycles. The topological polar surface area (TPSA) is 81.9 Å². The highest BCUT2D eigenvalue weighted by Crippen LogP contribution is 2.33. The number of nitrogens with zero attached hydrogens (tertiary/aromatic N) is 4. The number of carbonyl (C=O) groups excluding carboxylic acids is 1. The molecule has 7 nitrogen and oxygen atoms in total. The number of methoxy groups -OCH3 is 1. The van der Waals surface area contributed by atoms with Gasteiger partial charge in [-0.05, 0) is 39.4 Å². The first kappa shape index (κ1) is 15.6. The molecule has 0 radical (unpaired) electrons. The first-order valence-corrected chi connectivity index (χ1v) is 7.34. The van der Waals surface area contributed by atoms with Crippen molar-refractivity contribution in [3.05, 3.63) is 32.7 Å². The van der Waals surface area contributed by atoms with Gasteiger partial charge in [-0.2, -0.15) is 4.80 Å². The Morgan fingerprint density at radius 1 is 1.43 bits per heavy atom. The number of hydrogen-bond donors (Lipinski definition) is 1. The second-order valence-corrected chi connectivity index (χ2v) is 5.71. The number of anilines is 1. The second kappa shape index (κ2) is 6.81. The maximum absolute atomic E-state index is 11.8. The van der Waals surface area contributed by atoms with E-state index in [0.717, 1.165) is 14.5 Å². The number of aromatic nitrogens is 4. The SMILES string of the molecule is COc1c(Br)cc(Br)cc1C=CC(=O)Nc1nnn(C)n1. The number of aryl methyl sites for hydroxylation is 1. The van der Waals surface area contributed by atoms with Gasteiger partial charge in [0.25, 0.3) is 11.9 Å². The Labute approximate surface area is 137 Å². The Balaban J connectivity index is 2.15. The van der Waals surface area contributed by atoms with Crippen LogP contribution >= 0.6 is 31.9 Å². The minimum Gasteiger partial charge on any atom is -0.495 e. The van der Waals surface area contributed by atoms with E-state index < -0.39 is 0 Å². The Hall–Kier alpha value is -1.74. The summed E-state index contributed by atoms with van der Waals surface area (Å²) < 4.78 is 6.95. The van der Waals surface area contributed by atoms with Crippen LogP contribution in [0, 0.1) is 0 Å². The van der Waals surface area contributed by atoms with Crippen molar-refractivity contribution >= 4 is 49.8 Å². The van der Waals surface area contributed by atoms with Gasteiger partial charge in [0.15, 0.2) is 0 Å². The molecule has 1 aromatic heterocycles. The van der Waals surface area contributed by atoms with Crippen molar-refractivity contribution in [3.63, 3.8) is 0 Å². The number of amides is 1. The summed E-state index contributed by atoms with van der Waals surface area (Å²) in [6.07, 6.45) is 3.01. The zero-order valence-corrected chi connectivity index (χ0v) is 14.3. The van der Waals surface area contributed by atoms with Crippen LogP contribution in [0.1, 0.15) is 5.56 Å². The fraction of sp³-hybridized carbons (Fsp3) is 0.167. The number of nitrogens with one attached hydrogen (secondary N) is 1. The lowest BCUT2D eigenvalue weighted by Crippen LogP contribution is -2.09. The highest BCUT2D eigenvalue weighted by atomic mass is 79.9. The van der Waals surface area contributed by atoms with Gasteiger partial charge >= 0.3 is 0 Å². The van der Waals surface area contributed by atoms with E-state index in [4.69, 9.17) is 4.74 Å². The zero-order chi connectivity index (χ0) is 15.4. The molecule has 0 saturated heterocycles. The van der Waals surface area contributed by atoms with Gasteiger partial charge < -0.3 is 4.74 Å². The molecular formula is C12H11Br2N5O2. The summed E-state index contributed by atoms with van der Waals surface area (Å²) in [5, 5.41) is 13.7. The monoisotopic (exact) mass is 415 g/mol. The number of tetrazole rings is 1. The van der Waals surface area contributed by atoms with Crippen LogP contribution in [-0.2, 0) is 11.8 Å². The molecule has 2 rings (SSSR count). The minimum absolute atomic E-state index is 0.148. The summed E-state index contributed by atoms with van der Waals surface area (Å²) in [6, 6.07) is 3.70. The smallest absolute Gasteiger partial charge is 0.270 e. The van der Waals surface area contributed by atoms with Gasteiger partial charge in [0, 0.05) is 16.1 Å². The predicted octanol–water partition coefficient (Wildman–Crippen LogP) is 2.40. The van der Waals surface area contributed by atoms with E-state index in [0.29, 0.717) is 5.75 Å². The van der Waals surface area contributed by atoms with Crippen LogP contribution in [-0.4, -0.2) is 33.2 Å². The average Bonchev–Trinajstić information content (AvgIpc) is 2.81. The van der Waals surface area contributed by atoms with Gasteiger partial charge in [-0.15, -0.1) is 5.10 Å². The largest absolute Gasteiger partial charge is 0.495 e. The van der Waals surface area contributed by atoms with Gasteiger partial charge in [0.1, 0.15) is 5.75 Å². The second-order valence-electron chi connectivity index (χ2n) is 3.94. The lowest BCUT2D eigenvalue weighted by atomic mass is 10.2. The van der Waals surface area contributed by atoms with E-state index >= 15 is 0 Å². The molecule has 0 bridgehead atoms. The van der Waals surface area contributed by atoms with Crippen molar-refractivity contribution in [2.75, 3.05) is 12.4 Å². The summed E-state index contributed by atoms with van der Waals surface area (Å²) >= 11 is 6.79. The first-order valence-electron chi connectivity index (χ1n) is 5.75. The Morgan fingerprint density at radius 3 is 2.81 bits per heavy atom. The molecule has 21 heavy (non-hydrogen) atoms. The molecule has 1 amide bonds. The van der Waals surface area contributed by atoms with Crippen molar-refractivity contribution in [1.29, 1.82) is 0 Å². The van der Waals surface area contributed by atoms with E-state index in [-0.39, 0.29) is 11.9 Å². The van der Waals surface area contributed by atoms with E-state index in [1.165, 1.54) is 10.9 Å². The number of hydrogen-bond acceptors (Lipinski definition) is 5. The fourth-order valence-corrected chi connectivity index (χ4v) is 2.99. The number of ether oxygens (including phenoxy) is 1. The molecule has 0 aliphatic carbocycles. The summed E-state index contributed by atoms with van der Waals surface area (Å²) in [6.45, 7) is 0. The summed E-state index contributed by atoms with van der Waals surface area (Å²) in [5.41, 5.74) is 0.751. The highest BCUT2D eigenvalue weighted by molar-refractivity contribution is 9.11. The lowest BCUT2D eigenvalue weighted by Gasteiger charge is -2.08. The number of rotatable bonds is 4. The van der Waals surface area contributed by atoms with Crippen LogP contribution in [0.3, 0.4) is 0 Å². The third-order valence-electron chi connectivity index (χ3n) is 2.40. The van der Waals surface area contributed by atoms with Crippen molar-refractivity contribution in [1.82, 2.24) is 20.2 Å². The van der Waals surface area contributed by atoms with Crippen molar-refractivity contribution in [2.24, 2.45) is 7.05 Å². The number of halogens is 2. The molecule has 0 atom stereocenters. The van der Waals surface area contributed by atoms with E-state index in [1.807, 2.05) is 12.1 Å². The Morgan fingerprint density at radius 2 is 2.19 bits per heavy atom. The molecule has 1 heterocycles. The van der Waals surface area contributed by atoms with Crippen LogP contribution in [0.15, 0.2) is 27.2 Å². The molecule has 0 spiro atoms. The van der Waals surface area contributed by atoms with Crippen LogP contribution in [0.2, 0.25) is 0 Å². The summed E-state index contributed by atoms with van der Waals surface area (Å²) in [4.78, 5) is 13.0. The van der Waals surface area contributed by atoms with Crippen molar-refractivity contribution < 1.29 is 9.53 Å². The first-order chi connectivity index (χ1) is 9.99. The lowest BCUT2D eigenvalue weighted by molar-refractivity contribution is -0.111. The van der Waals surface area contributed by atoms with Crippen molar-refractivity contribution in [2.45, 2.75) is 0 Å². The van der Waals surface area contributed by atoms with E-state index in [2.05, 4.69) is 52.6 Å². The quantitative estimate of drug-likeness (QED) is 0.774. The van der Waals surface area contributed by atoms with Gasteiger partial charge in [-0.3, -0.25) is 10.1 Å². The molecule has 2 aromatic rings.